The van der Waals surface area contributed by atoms with Crippen LogP contribution in [-0.4, -0.2) is 26.1 Å². The second-order valence-corrected chi connectivity index (χ2v) is 11.1. The third-order valence-corrected chi connectivity index (χ3v) is 9.45. The summed E-state index contributed by atoms with van der Waals surface area (Å²) in [6.45, 7) is 0.780. The van der Waals surface area contributed by atoms with E-state index in [1.807, 2.05) is 54.6 Å². The monoisotopic (exact) mass is 469 g/mol. The van der Waals surface area contributed by atoms with E-state index in [1.165, 1.54) is 5.56 Å². The topological polar surface area (TPSA) is 55.8 Å². The first-order valence-electron chi connectivity index (χ1n) is 11.6. The standard InChI is InChI=1S/C28H23NO4S/c30-34(31,28-7-3-5-18-4-1-2-6-23(18)28)29-13-12-21-15-25(29)24-14-19(8-10-22(21)24)20-9-11-26-27(16-20)33-17-32-26/h1-11,14,16,21,25H,12-13,15,17H2/t21-,25?/m1/s1. The van der Waals surface area contributed by atoms with E-state index in [0.29, 0.717) is 17.4 Å². The predicted molar refractivity (Wildman–Crippen MR) is 131 cm³/mol. The van der Waals surface area contributed by atoms with Crippen LogP contribution in [0, 0.1) is 0 Å². The first-order chi connectivity index (χ1) is 16.6. The number of sulfonamides is 1. The van der Waals surface area contributed by atoms with E-state index in [1.54, 1.807) is 10.4 Å². The van der Waals surface area contributed by atoms with Crippen molar-refractivity contribution in [2.75, 3.05) is 13.3 Å². The average molecular weight is 470 g/mol. The molecule has 4 aromatic carbocycles. The maximum Gasteiger partial charge on any atom is 0.244 e. The molecule has 170 valence electrons. The molecule has 2 heterocycles. The van der Waals surface area contributed by atoms with E-state index in [0.717, 1.165) is 51.8 Å². The van der Waals surface area contributed by atoms with Gasteiger partial charge < -0.3 is 9.47 Å². The van der Waals surface area contributed by atoms with Crippen LogP contribution < -0.4 is 9.47 Å². The van der Waals surface area contributed by atoms with Crippen LogP contribution >= 0.6 is 0 Å². The number of ether oxygens (including phenoxy) is 2. The zero-order chi connectivity index (χ0) is 22.9. The van der Waals surface area contributed by atoms with Gasteiger partial charge in [0.05, 0.1) is 10.9 Å². The van der Waals surface area contributed by atoms with Gasteiger partial charge in [0.2, 0.25) is 16.8 Å². The molecule has 2 bridgehead atoms. The highest BCUT2D eigenvalue weighted by Crippen LogP contribution is 2.52. The lowest BCUT2D eigenvalue weighted by Gasteiger charge is -2.33. The fourth-order valence-electron chi connectivity index (χ4n) is 5.83. The highest BCUT2D eigenvalue weighted by atomic mass is 32.2. The number of benzene rings is 4. The summed E-state index contributed by atoms with van der Waals surface area (Å²) >= 11 is 0. The molecule has 1 unspecified atom stereocenters. The highest BCUT2D eigenvalue weighted by molar-refractivity contribution is 7.89. The Kier molecular flexibility index (Phi) is 4.32. The van der Waals surface area contributed by atoms with Gasteiger partial charge in [-0.1, -0.05) is 54.6 Å². The lowest BCUT2D eigenvalue weighted by atomic mass is 9.95. The third-order valence-electron chi connectivity index (χ3n) is 7.48. The highest BCUT2D eigenvalue weighted by Gasteiger charge is 2.44. The first-order valence-corrected chi connectivity index (χ1v) is 13.1. The van der Waals surface area contributed by atoms with Gasteiger partial charge in [0, 0.05) is 11.9 Å². The molecule has 0 N–H and O–H groups in total. The van der Waals surface area contributed by atoms with Crippen molar-refractivity contribution in [2.24, 2.45) is 0 Å². The van der Waals surface area contributed by atoms with E-state index < -0.39 is 10.0 Å². The average Bonchev–Trinajstić information content (AvgIpc) is 3.45. The SMILES string of the molecule is O=S(=O)(c1cccc2ccccc12)N1CC[C@@H]2CC1c1cc(-c3ccc4c(c3)OCO4)ccc12. The molecule has 4 aromatic rings. The zero-order valence-electron chi connectivity index (χ0n) is 18.5. The second kappa shape index (κ2) is 7.32. The Balaban J connectivity index is 1.31. The Morgan fingerprint density at radius 1 is 0.794 bits per heavy atom. The Morgan fingerprint density at radius 3 is 2.53 bits per heavy atom. The number of rotatable bonds is 3. The van der Waals surface area contributed by atoms with E-state index >= 15 is 0 Å². The largest absolute Gasteiger partial charge is 0.454 e. The van der Waals surface area contributed by atoms with Crippen LogP contribution in [0.15, 0.2) is 83.8 Å². The minimum atomic E-state index is -3.65. The molecule has 0 saturated carbocycles. The summed E-state index contributed by atoms with van der Waals surface area (Å²) in [5, 5.41) is 1.72. The smallest absolute Gasteiger partial charge is 0.244 e. The molecule has 3 aliphatic rings. The minimum Gasteiger partial charge on any atom is -0.454 e. The molecule has 0 aromatic heterocycles. The van der Waals surface area contributed by atoms with E-state index in [9.17, 15) is 8.42 Å². The number of hydrogen-bond acceptors (Lipinski definition) is 4. The quantitative estimate of drug-likeness (QED) is 0.377. The number of nitrogens with zero attached hydrogens (tertiary/aromatic N) is 1. The maximum absolute atomic E-state index is 14.0. The van der Waals surface area contributed by atoms with E-state index in [2.05, 4.69) is 18.2 Å². The van der Waals surface area contributed by atoms with Gasteiger partial charge in [-0.15, -0.1) is 0 Å². The lowest BCUT2D eigenvalue weighted by Crippen LogP contribution is -2.37. The molecular weight excluding hydrogens is 446 g/mol. The minimum absolute atomic E-state index is 0.147. The van der Waals surface area contributed by atoms with E-state index in [-0.39, 0.29) is 12.8 Å². The maximum atomic E-state index is 14.0. The van der Waals surface area contributed by atoms with Crippen molar-refractivity contribution >= 4 is 20.8 Å². The van der Waals surface area contributed by atoms with Crippen molar-refractivity contribution in [1.29, 1.82) is 0 Å². The third kappa shape index (κ3) is 2.92. The van der Waals surface area contributed by atoms with Gasteiger partial charge in [0.1, 0.15) is 0 Å². The van der Waals surface area contributed by atoms with Crippen molar-refractivity contribution in [3.05, 3.63) is 90.0 Å². The van der Waals surface area contributed by atoms with E-state index in [4.69, 9.17) is 9.47 Å². The van der Waals surface area contributed by atoms with Gasteiger partial charge in [-0.2, -0.15) is 4.31 Å². The lowest BCUT2D eigenvalue weighted by molar-refractivity contribution is 0.174. The second-order valence-electron chi connectivity index (χ2n) is 9.24. The van der Waals surface area contributed by atoms with Gasteiger partial charge >= 0.3 is 0 Å². The van der Waals surface area contributed by atoms with Crippen LogP contribution in [0.5, 0.6) is 11.5 Å². The van der Waals surface area contributed by atoms with Crippen molar-refractivity contribution in [1.82, 2.24) is 4.31 Å². The summed E-state index contributed by atoms with van der Waals surface area (Å²) in [6.07, 6.45) is 1.68. The number of hydrogen-bond donors (Lipinski definition) is 0. The first kappa shape index (κ1) is 20.1. The fourth-order valence-corrected chi connectivity index (χ4v) is 7.68. The summed E-state index contributed by atoms with van der Waals surface area (Å²) in [4.78, 5) is 0.393. The van der Waals surface area contributed by atoms with Crippen LogP contribution in [0.4, 0.5) is 0 Å². The predicted octanol–water partition coefficient (Wildman–Crippen LogP) is 5.86. The molecule has 1 saturated heterocycles. The Labute approximate surface area is 198 Å². The molecule has 7 rings (SSSR count). The van der Waals surface area contributed by atoms with Crippen LogP contribution in [0.2, 0.25) is 0 Å². The Hall–Kier alpha value is -3.35. The normalized spacial score (nSPS) is 21.1. The number of piperidine rings is 1. The molecule has 2 aliphatic heterocycles. The molecular formula is C28H23NO4S. The van der Waals surface area contributed by atoms with Crippen LogP contribution in [0.1, 0.15) is 35.9 Å². The summed E-state index contributed by atoms with van der Waals surface area (Å²) in [7, 11) is -3.65. The molecule has 0 spiro atoms. The zero-order valence-corrected chi connectivity index (χ0v) is 19.3. The van der Waals surface area contributed by atoms with Gasteiger partial charge in [-0.25, -0.2) is 8.42 Å². The molecule has 6 heteroatoms. The molecule has 34 heavy (non-hydrogen) atoms. The van der Waals surface area contributed by atoms with Gasteiger partial charge in [0.15, 0.2) is 11.5 Å². The molecule has 1 aliphatic carbocycles. The summed E-state index contributed by atoms with van der Waals surface area (Å²) < 4.78 is 40.7. The van der Waals surface area contributed by atoms with Gasteiger partial charge in [-0.05, 0) is 70.7 Å². The van der Waals surface area contributed by atoms with Gasteiger partial charge in [0.25, 0.3) is 0 Å². The van der Waals surface area contributed by atoms with Crippen molar-refractivity contribution in [2.45, 2.75) is 29.7 Å². The van der Waals surface area contributed by atoms with Gasteiger partial charge in [-0.3, -0.25) is 0 Å². The fraction of sp³-hybridized carbons (Fsp3) is 0.214. The van der Waals surface area contributed by atoms with Crippen LogP contribution in [0.3, 0.4) is 0 Å². The summed E-state index contributed by atoms with van der Waals surface area (Å²) in [5.41, 5.74) is 4.51. The molecule has 0 amide bonds. The Bertz CT molecular complexity index is 1560. The molecule has 1 fully saturated rings. The van der Waals surface area contributed by atoms with Crippen molar-refractivity contribution in [3.63, 3.8) is 0 Å². The van der Waals surface area contributed by atoms with Crippen LogP contribution in [-0.2, 0) is 10.0 Å². The molecule has 5 nitrogen and oxygen atoms in total. The van der Waals surface area contributed by atoms with Crippen molar-refractivity contribution in [3.8, 4) is 22.6 Å². The summed E-state index contributed by atoms with van der Waals surface area (Å²) in [6, 6.07) is 25.5. The Morgan fingerprint density at radius 2 is 1.59 bits per heavy atom. The molecule has 2 atom stereocenters. The van der Waals surface area contributed by atoms with Crippen LogP contribution in [0.25, 0.3) is 21.9 Å². The molecule has 0 radical (unpaired) electrons. The number of fused-ring (bicyclic) bond motifs is 7. The van der Waals surface area contributed by atoms with Crippen molar-refractivity contribution < 1.29 is 17.9 Å². The summed E-state index contributed by atoms with van der Waals surface area (Å²) in [5.74, 6) is 1.91.